The first-order valence-electron chi connectivity index (χ1n) is 7.96. The van der Waals surface area contributed by atoms with Crippen molar-refractivity contribution >= 4 is 0 Å². The molecular weight excluding hydrogens is 244 g/mol. The minimum Gasteiger partial charge on any atom is -0.311 e. The molecule has 0 spiro atoms. The highest BCUT2D eigenvalue weighted by atomic mass is 15.0. The van der Waals surface area contributed by atoms with Crippen LogP contribution in [-0.4, -0.2) is 12.1 Å². The predicted molar refractivity (Wildman–Crippen MR) is 81.3 cm³/mol. The van der Waals surface area contributed by atoms with Gasteiger partial charge in [-0.3, -0.25) is 0 Å². The van der Waals surface area contributed by atoms with Crippen LogP contribution in [0.1, 0.15) is 51.0 Å². The quantitative estimate of drug-likeness (QED) is 0.902. The minimum atomic E-state index is -0.242. The van der Waals surface area contributed by atoms with E-state index >= 15 is 0 Å². The normalized spacial score (nSPS) is 31.5. The van der Waals surface area contributed by atoms with Crippen LogP contribution in [0.4, 0.5) is 0 Å². The molecule has 0 saturated heterocycles. The third-order valence-corrected chi connectivity index (χ3v) is 5.34. The summed E-state index contributed by atoms with van der Waals surface area (Å²) in [5.74, 6) is 0.851. The van der Waals surface area contributed by atoms with Crippen molar-refractivity contribution in [3.63, 3.8) is 0 Å². The van der Waals surface area contributed by atoms with Crippen molar-refractivity contribution in [2.24, 2.45) is 5.92 Å². The monoisotopic (exact) mass is 268 g/mol. The van der Waals surface area contributed by atoms with E-state index in [4.69, 9.17) is 0 Å². The van der Waals surface area contributed by atoms with Gasteiger partial charge in [0.05, 0.1) is 11.5 Å². The Morgan fingerprint density at radius 2 is 1.85 bits per heavy atom. The first-order valence-corrected chi connectivity index (χ1v) is 7.96. The number of benzene rings is 1. The highest BCUT2D eigenvalue weighted by molar-refractivity contribution is 5.36. The summed E-state index contributed by atoms with van der Waals surface area (Å²) in [6.45, 7) is 2.32. The summed E-state index contributed by atoms with van der Waals surface area (Å²) < 4.78 is 0. The Bertz CT molecular complexity index is 476. The van der Waals surface area contributed by atoms with Gasteiger partial charge < -0.3 is 5.32 Å². The molecule has 0 bridgehead atoms. The van der Waals surface area contributed by atoms with Crippen molar-refractivity contribution in [2.45, 2.75) is 62.9 Å². The Kier molecular flexibility index (Phi) is 3.81. The van der Waals surface area contributed by atoms with Crippen molar-refractivity contribution in [1.29, 1.82) is 5.26 Å². The molecular formula is C18H24N2. The summed E-state index contributed by atoms with van der Waals surface area (Å²) in [6.07, 6.45) is 7.47. The Morgan fingerprint density at radius 1 is 1.20 bits per heavy atom. The van der Waals surface area contributed by atoms with Crippen LogP contribution in [0.15, 0.2) is 30.3 Å². The molecule has 0 aromatic heterocycles. The van der Waals surface area contributed by atoms with Crippen LogP contribution < -0.4 is 5.32 Å². The van der Waals surface area contributed by atoms with E-state index in [2.05, 4.69) is 30.4 Å². The molecule has 0 aliphatic heterocycles. The zero-order chi connectivity index (χ0) is 14.0. The molecule has 106 valence electrons. The molecule has 0 unspecified atom stereocenters. The Morgan fingerprint density at radius 3 is 2.45 bits per heavy atom. The Balaban J connectivity index is 1.58. The largest absolute Gasteiger partial charge is 0.311 e. The molecule has 1 aromatic rings. The van der Waals surface area contributed by atoms with E-state index in [1.54, 1.807) is 0 Å². The fourth-order valence-electron chi connectivity index (χ4n) is 4.01. The summed E-state index contributed by atoms with van der Waals surface area (Å²) >= 11 is 0. The third-order valence-electron chi connectivity index (χ3n) is 5.34. The van der Waals surface area contributed by atoms with Gasteiger partial charge in [-0.15, -0.1) is 0 Å². The highest BCUT2D eigenvalue weighted by Crippen LogP contribution is 2.44. The summed E-state index contributed by atoms with van der Waals surface area (Å²) in [6, 6.07) is 14.0. The number of nitrogens with zero attached hydrogens (tertiary/aromatic N) is 1. The van der Waals surface area contributed by atoms with Gasteiger partial charge in [-0.25, -0.2) is 0 Å². The lowest BCUT2D eigenvalue weighted by Gasteiger charge is -2.45. The second kappa shape index (κ2) is 5.58. The van der Waals surface area contributed by atoms with Crippen molar-refractivity contribution in [1.82, 2.24) is 5.32 Å². The van der Waals surface area contributed by atoms with Crippen LogP contribution in [0.25, 0.3) is 0 Å². The molecule has 3 rings (SSSR count). The van der Waals surface area contributed by atoms with E-state index in [9.17, 15) is 5.26 Å². The number of nitrogens with one attached hydrogen (secondary N) is 1. The maximum Gasteiger partial charge on any atom is 0.0852 e. The molecule has 2 fully saturated rings. The number of hydrogen-bond donors (Lipinski definition) is 1. The molecule has 0 amide bonds. The molecule has 20 heavy (non-hydrogen) atoms. The first-order chi connectivity index (χ1) is 9.73. The van der Waals surface area contributed by atoms with E-state index in [1.807, 2.05) is 18.2 Å². The lowest BCUT2D eigenvalue weighted by Crippen LogP contribution is -2.54. The third kappa shape index (κ3) is 2.47. The summed E-state index contributed by atoms with van der Waals surface area (Å²) in [7, 11) is 0. The first kappa shape index (κ1) is 13.6. The van der Waals surface area contributed by atoms with Crippen molar-refractivity contribution in [2.75, 3.05) is 0 Å². The van der Waals surface area contributed by atoms with Gasteiger partial charge in [0.1, 0.15) is 0 Å². The average Bonchev–Trinajstić information content (AvgIpc) is 2.97. The van der Waals surface area contributed by atoms with Crippen molar-refractivity contribution in [3.05, 3.63) is 35.9 Å². The van der Waals surface area contributed by atoms with Gasteiger partial charge >= 0.3 is 0 Å². The van der Waals surface area contributed by atoms with Crippen molar-refractivity contribution < 1.29 is 0 Å². The Hall–Kier alpha value is -1.33. The van der Waals surface area contributed by atoms with E-state index in [0.717, 1.165) is 18.8 Å². The molecule has 2 heteroatoms. The van der Waals surface area contributed by atoms with Crippen LogP contribution in [0, 0.1) is 17.2 Å². The van der Waals surface area contributed by atoms with E-state index in [-0.39, 0.29) is 5.41 Å². The van der Waals surface area contributed by atoms with E-state index in [1.165, 1.54) is 31.2 Å². The molecule has 1 aromatic carbocycles. The van der Waals surface area contributed by atoms with Crippen LogP contribution in [0.2, 0.25) is 0 Å². The number of hydrogen-bond acceptors (Lipinski definition) is 2. The fourth-order valence-corrected chi connectivity index (χ4v) is 4.01. The summed E-state index contributed by atoms with van der Waals surface area (Å²) in [4.78, 5) is 0. The van der Waals surface area contributed by atoms with Gasteiger partial charge in [-0.05, 0) is 44.1 Å². The minimum absolute atomic E-state index is 0.242. The van der Waals surface area contributed by atoms with Gasteiger partial charge in [0, 0.05) is 12.1 Å². The number of rotatable bonds is 4. The molecule has 1 N–H and O–H groups in total. The van der Waals surface area contributed by atoms with E-state index in [0.29, 0.717) is 12.1 Å². The zero-order valence-electron chi connectivity index (χ0n) is 12.3. The topological polar surface area (TPSA) is 35.8 Å². The van der Waals surface area contributed by atoms with Gasteiger partial charge in [-0.2, -0.15) is 5.26 Å². The molecule has 1 atom stereocenters. The van der Waals surface area contributed by atoms with Gasteiger partial charge in [0.15, 0.2) is 0 Å². The van der Waals surface area contributed by atoms with Gasteiger partial charge in [0.2, 0.25) is 0 Å². The van der Waals surface area contributed by atoms with Crippen molar-refractivity contribution in [3.8, 4) is 6.07 Å². The van der Waals surface area contributed by atoms with Gasteiger partial charge in [-0.1, -0.05) is 43.2 Å². The molecule has 2 saturated carbocycles. The maximum absolute atomic E-state index is 9.58. The standard InChI is InChI=1S/C18H24N2/c1-14(15-7-5-6-8-15)20-17-11-18(12-17,13-19)16-9-3-2-4-10-16/h2-4,9-10,14-15,17,20H,5-8,11-12H2,1H3/t14-,17?,18?/m0/s1. The van der Waals surface area contributed by atoms with Crippen LogP contribution in [0.5, 0.6) is 0 Å². The fraction of sp³-hybridized carbons (Fsp3) is 0.611. The van der Waals surface area contributed by atoms with Crippen LogP contribution in [-0.2, 0) is 5.41 Å². The van der Waals surface area contributed by atoms with Crippen LogP contribution in [0.3, 0.4) is 0 Å². The predicted octanol–water partition coefficient (Wildman–Crippen LogP) is 3.78. The maximum atomic E-state index is 9.58. The molecule has 2 aliphatic carbocycles. The molecule has 0 radical (unpaired) electrons. The highest BCUT2D eigenvalue weighted by Gasteiger charge is 2.46. The lowest BCUT2D eigenvalue weighted by atomic mass is 9.62. The lowest BCUT2D eigenvalue weighted by molar-refractivity contribution is 0.193. The number of nitriles is 1. The summed E-state index contributed by atoms with van der Waals surface area (Å²) in [5, 5.41) is 13.3. The van der Waals surface area contributed by atoms with Gasteiger partial charge in [0.25, 0.3) is 0 Å². The second-order valence-corrected chi connectivity index (χ2v) is 6.66. The molecule has 0 heterocycles. The molecule has 2 nitrogen and oxygen atoms in total. The van der Waals surface area contributed by atoms with Crippen LogP contribution >= 0.6 is 0 Å². The SMILES string of the molecule is C[C@H](NC1CC(C#N)(c2ccccc2)C1)C1CCCC1. The molecule has 2 aliphatic rings. The summed E-state index contributed by atoms with van der Waals surface area (Å²) in [5.41, 5.74) is 0.947. The second-order valence-electron chi connectivity index (χ2n) is 6.66. The van der Waals surface area contributed by atoms with E-state index < -0.39 is 0 Å². The average molecular weight is 268 g/mol. The smallest absolute Gasteiger partial charge is 0.0852 e. The Labute approximate surface area is 122 Å². The zero-order valence-corrected chi connectivity index (χ0v) is 12.3.